The molecule has 7 heteroatoms. The molecule has 1 atom stereocenters. The minimum atomic E-state index is -0.202. The third kappa shape index (κ3) is 5.65. The number of aliphatic hydroxyl groups excluding tert-OH is 1. The fourth-order valence-corrected chi connectivity index (χ4v) is 2.80. The lowest BCUT2D eigenvalue weighted by atomic mass is 10.3. The Bertz CT molecular complexity index is 514. The number of benzene rings is 1. The molecule has 1 aromatic carbocycles. The fraction of sp³-hybridized carbons (Fsp3) is 0.533. The van der Waals surface area contributed by atoms with Crippen molar-refractivity contribution in [2.75, 3.05) is 32.8 Å². The second kappa shape index (κ2) is 8.58. The molecule has 122 valence electrons. The molecule has 0 saturated carbocycles. The predicted octanol–water partition coefficient (Wildman–Crippen LogP) is 1.95. The van der Waals surface area contributed by atoms with Gasteiger partial charge in [0.25, 0.3) is 5.91 Å². The van der Waals surface area contributed by atoms with Crippen molar-refractivity contribution in [2.24, 2.45) is 0 Å². The Morgan fingerprint density at radius 1 is 1.45 bits per heavy atom. The molecular weight excluding hydrogens is 327 g/mol. The van der Waals surface area contributed by atoms with Crippen LogP contribution in [0.2, 0.25) is 10.0 Å². The van der Waals surface area contributed by atoms with Gasteiger partial charge in [-0.2, -0.15) is 0 Å². The number of aliphatic hydroxyl groups is 1. The first-order chi connectivity index (χ1) is 10.5. The van der Waals surface area contributed by atoms with E-state index in [0.29, 0.717) is 22.3 Å². The number of likely N-dealkylation sites (tertiary alicyclic amines) is 1. The summed E-state index contributed by atoms with van der Waals surface area (Å²) >= 11 is 11.7. The van der Waals surface area contributed by atoms with Gasteiger partial charge in [-0.15, -0.1) is 0 Å². The van der Waals surface area contributed by atoms with Crippen molar-refractivity contribution in [2.45, 2.75) is 18.9 Å². The van der Waals surface area contributed by atoms with E-state index in [1.54, 1.807) is 18.2 Å². The Hall–Kier alpha value is -1.01. The van der Waals surface area contributed by atoms with Crippen LogP contribution in [0.25, 0.3) is 0 Å². The summed E-state index contributed by atoms with van der Waals surface area (Å²) in [6.07, 6.45) is 1.48. The molecule has 5 nitrogen and oxygen atoms in total. The van der Waals surface area contributed by atoms with Gasteiger partial charge in [0.05, 0.1) is 11.1 Å². The van der Waals surface area contributed by atoms with Crippen LogP contribution in [-0.4, -0.2) is 54.8 Å². The van der Waals surface area contributed by atoms with Crippen molar-refractivity contribution in [3.63, 3.8) is 0 Å². The molecular formula is C15H20Cl2N2O3. The average Bonchev–Trinajstić information content (AvgIpc) is 2.88. The third-order valence-electron chi connectivity index (χ3n) is 3.47. The molecule has 1 amide bonds. The van der Waals surface area contributed by atoms with E-state index in [0.717, 1.165) is 32.5 Å². The minimum absolute atomic E-state index is 0.0796. The second-order valence-corrected chi connectivity index (χ2v) is 6.15. The average molecular weight is 347 g/mol. The molecule has 0 aliphatic carbocycles. The monoisotopic (exact) mass is 346 g/mol. The van der Waals surface area contributed by atoms with E-state index in [2.05, 4.69) is 10.2 Å². The van der Waals surface area contributed by atoms with Gasteiger partial charge in [0.1, 0.15) is 5.75 Å². The molecule has 0 spiro atoms. The minimum Gasteiger partial charge on any atom is -0.482 e. The number of nitrogens with one attached hydrogen (secondary N) is 1. The fourth-order valence-electron chi connectivity index (χ4n) is 2.33. The molecule has 1 aliphatic rings. The summed E-state index contributed by atoms with van der Waals surface area (Å²) in [5, 5.41) is 13.1. The van der Waals surface area contributed by atoms with Gasteiger partial charge in [0.15, 0.2) is 6.61 Å². The Kier molecular flexibility index (Phi) is 6.76. The molecule has 1 fully saturated rings. The molecule has 22 heavy (non-hydrogen) atoms. The number of rotatable bonds is 7. The van der Waals surface area contributed by atoms with E-state index in [1.807, 2.05) is 0 Å². The van der Waals surface area contributed by atoms with Gasteiger partial charge in [-0.05, 0) is 37.6 Å². The quantitative estimate of drug-likeness (QED) is 0.740. The van der Waals surface area contributed by atoms with E-state index in [4.69, 9.17) is 27.9 Å². The van der Waals surface area contributed by atoms with Crippen molar-refractivity contribution in [3.05, 3.63) is 28.2 Å². The summed E-state index contributed by atoms with van der Waals surface area (Å²) in [4.78, 5) is 13.9. The van der Waals surface area contributed by atoms with Crippen molar-refractivity contribution in [3.8, 4) is 5.75 Å². The zero-order chi connectivity index (χ0) is 15.9. The maximum absolute atomic E-state index is 11.7. The molecule has 1 aromatic rings. The van der Waals surface area contributed by atoms with E-state index >= 15 is 0 Å². The van der Waals surface area contributed by atoms with E-state index in [1.165, 1.54) is 0 Å². The zero-order valence-corrected chi connectivity index (χ0v) is 13.7. The predicted molar refractivity (Wildman–Crippen MR) is 86.6 cm³/mol. The number of hydrogen-bond acceptors (Lipinski definition) is 4. The molecule has 0 aromatic heterocycles. The highest BCUT2D eigenvalue weighted by Crippen LogP contribution is 2.27. The molecule has 0 radical (unpaired) electrons. The molecule has 2 N–H and O–H groups in total. The smallest absolute Gasteiger partial charge is 0.257 e. The second-order valence-electron chi connectivity index (χ2n) is 5.31. The van der Waals surface area contributed by atoms with Crippen LogP contribution in [0.1, 0.15) is 12.8 Å². The first kappa shape index (κ1) is 17.3. The number of halogens is 2. The number of hydrogen-bond donors (Lipinski definition) is 2. The lowest BCUT2D eigenvalue weighted by molar-refractivity contribution is -0.123. The van der Waals surface area contributed by atoms with Gasteiger partial charge in [-0.1, -0.05) is 23.2 Å². The van der Waals surface area contributed by atoms with Crippen LogP contribution in [0.15, 0.2) is 18.2 Å². The Morgan fingerprint density at radius 3 is 2.95 bits per heavy atom. The van der Waals surface area contributed by atoms with Crippen molar-refractivity contribution >= 4 is 29.1 Å². The first-order valence-corrected chi connectivity index (χ1v) is 8.05. The Labute approximate surface area is 140 Å². The summed E-state index contributed by atoms with van der Waals surface area (Å²) in [5.74, 6) is 0.250. The van der Waals surface area contributed by atoms with Crippen molar-refractivity contribution in [1.82, 2.24) is 10.2 Å². The van der Waals surface area contributed by atoms with Gasteiger partial charge >= 0.3 is 0 Å². The third-order valence-corrected chi connectivity index (χ3v) is 4.00. The first-order valence-electron chi connectivity index (χ1n) is 7.29. The Balaban J connectivity index is 1.59. The normalized spacial score (nSPS) is 18.4. The van der Waals surface area contributed by atoms with Crippen LogP contribution >= 0.6 is 23.2 Å². The van der Waals surface area contributed by atoms with E-state index < -0.39 is 0 Å². The number of carbonyl (C=O) groups excluding carboxylic acids is 1. The number of amides is 1. The summed E-state index contributed by atoms with van der Waals surface area (Å²) in [5.41, 5.74) is 0. The number of β-amino-alcohol motifs (C(OH)–C–C–N with tert-alkyl or cyclic N) is 1. The van der Waals surface area contributed by atoms with Crippen LogP contribution in [-0.2, 0) is 4.79 Å². The van der Waals surface area contributed by atoms with Crippen LogP contribution in [0, 0.1) is 0 Å². The van der Waals surface area contributed by atoms with Gasteiger partial charge < -0.3 is 20.1 Å². The summed E-state index contributed by atoms with van der Waals surface area (Å²) in [6, 6.07) is 4.86. The van der Waals surface area contributed by atoms with Gasteiger partial charge in [0.2, 0.25) is 0 Å². The number of nitrogens with zero attached hydrogens (tertiary/aromatic N) is 1. The SMILES string of the molecule is O=C(COc1ccc(Cl)cc1Cl)NCCCN1CC[C@@H](O)C1. The van der Waals surface area contributed by atoms with Crippen molar-refractivity contribution in [1.29, 1.82) is 0 Å². The molecule has 1 heterocycles. The molecule has 0 unspecified atom stereocenters. The van der Waals surface area contributed by atoms with Gasteiger partial charge in [0, 0.05) is 24.7 Å². The maximum atomic E-state index is 11.7. The highest BCUT2D eigenvalue weighted by atomic mass is 35.5. The van der Waals surface area contributed by atoms with E-state index in [9.17, 15) is 9.90 Å². The van der Waals surface area contributed by atoms with E-state index in [-0.39, 0.29) is 18.6 Å². The van der Waals surface area contributed by atoms with Gasteiger partial charge in [-0.25, -0.2) is 0 Å². The lowest BCUT2D eigenvalue weighted by Crippen LogP contribution is -2.32. The Morgan fingerprint density at radius 2 is 2.27 bits per heavy atom. The highest BCUT2D eigenvalue weighted by molar-refractivity contribution is 6.35. The lowest BCUT2D eigenvalue weighted by Gasteiger charge is -2.14. The van der Waals surface area contributed by atoms with Crippen LogP contribution < -0.4 is 10.1 Å². The molecule has 1 saturated heterocycles. The summed E-state index contributed by atoms with van der Waals surface area (Å²) < 4.78 is 5.35. The zero-order valence-electron chi connectivity index (χ0n) is 12.2. The molecule has 0 bridgehead atoms. The number of ether oxygens (including phenoxy) is 1. The van der Waals surface area contributed by atoms with Crippen LogP contribution in [0.5, 0.6) is 5.75 Å². The van der Waals surface area contributed by atoms with Crippen LogP contribution in [0.4, 0.5) is 0 Å². The highest BCUT2D eigenvalue weighted by Gasteiger charge is 2.19. The van der Waals surface area contributed by atoms with Crippen LogP contribution in [0.3, 0.4) is 0 Å². The largest absolute Gasteiger partial charge is 0.482 e. The van der Waals surface area contributed by atoms with Crippen molar-refractivity contribution < 1.29 is 14.6 Å². The number of carbonyl (C=O) groups is 1. The molecule has 1 aliphatic heterocycles. The molecule has 2 rings (SSSR count). The van der Waals surface area contributed by atoms with Gasteiger partial charge in [-0.3, -0.25) is 4.79 Å². The topological polar surface area (TPSA) is 61.8 Å². The standard InChI is InChI=1S/C15H20Cl2N2O3/c16-11-2-3-14(13(17)8-11)22-10-15(21)18-5-1-6-19-7-4-12(20)9-19/h2-3,8,12,20H,1,4-7,9-10H2,(H,18,21)/t12-/m1/s1. The summed E-state index contributed by atoms with van der Waals surface area (Å²) in [7, 11) is 0. The summed E-state index contributed by atoms with van der Waals surface area (Å²) in [6.45, 7) is 3.04. The maximum Gasteiger partial charge on any atom is 0.257 e.